The fourth-order valence-corrected chi connectivity index (χ4v) is 3.59. The van der Waals surface area contributed by atoms with Gasteiger partial charge in [-0.25, -0.2) is 4.79 Å². The van der Waals surface area contributed by atoms with Crippen LogP contribution in [0.3, 0.4) is 0 Å². The molecule has 1 aliphatic rings. The van der Waals surface area contributed by atoms with Gasteiger partial charge in [0, 0.05) is 12.5 Å². The van der Waals surface area contributed by atoms with Crippen LogP contribution in [-0.2, 0) is 9.59 Å². The van der Waals surface area contributed by atoms with Crippen LogP contribution in [0.15, 0.2) is 30.3 Å². The number of aliphatic carboxylic acids is 1. The Labute approximate surface area is 125 Å². The van der Waals surface area contributed by atoms with Gasteiger partial charge in [-0.05, 0) is 24.8 Å². The maximum Gasteiger partial charge on any atom is 0.330 e. The monoisotopic (exact) mass is 289 g/mol. The highest BCUT2D eigenvalue weighted by Gasteiger charge is 2.51. The number of carboxylic acid groups (broad SMARTS) is 1. The SMILES string of the molecule is CCCN(C=O)C1(C(=O)O)CCCCC1c1ccccc1. The molecule has 2 unspecified atom stereocenters. The van der Waals surface area contributed by atoms with Gasteiger partial charge in [-0.1, -0.05) is 50.1 Å². The van der Waals surface area contributed by atoms with E-state index in [1.165, 1.54) is 4.90 Å². The summed E-state index contributed by atoms with van der Waals surface area (Å²) in [7, 11) is 0. The number of carbonyl (C=O) groups excluding carboxylic acids is 1. The minimum Gasteiger partial charge on any atom is -0.479 e. The first-order valence-electron chi connectivity index (χ1n) is 7.67. The number of amides is 1. The molecular weight excluding hydrogens is 266 g/mol. The summed E-state index contributed by atoms with van der Waals surface area (Å²) in [6.45, 7) is 2.45. The van der Waals surface area contributed by atoms with Gasteiger partial charge in [-0.3, -0.25) is 4.79 Å². The predicted molar refractivity (Wildman–Crippen MR) is 81.1 cm³/mol. The van der Waals surface area contributed by atoms with Crippen molar-refractivity contribution in [3.05, 3.63) is 35.9 Å². The van der Waals surface area contributed by atoms with Crippen molar-refractivity contribution in [3.8, 4) is 0 Å². The van der Waals surface area contributed by atoms with Crippen molar-refractivity contribution in [2.45, 2.75) is 50.5 Å². The number of hydrogen-bond acceptors (Lipinski definition) is 2. The standard InChI is InChI=1S/C17H23NO3/c1-2-12-18(13-19)17(16(20)21)11-7-6-10-15(17)14-8-4-3-5-9-14/h3-5,8-9,13,15H,2,6-7,10-12H2,1H3,(H,20,21). The lowest BCUT2D eigenvalue weighted by molar-refractivity contribution is -0.159. The van der Waals surface area contributed by atoms with E-state index in [4.69, 9.17) is 0 Å². The zero-order chi connectivity index (χ0) is 15.3. The maximum atomic E-state index is 12.1. The van der Waals surface area contributed by atoms with Crippen molar-refractivity contribution in [1.82, 2.24) is 4.90 Å². The van der Waals surface area contributed by atoms with E-state index in [0.29, 0.717) is 13.0 Å². The average molecular weight is 289 g/mol. The van der Waals surface area contributed by atoms with Crippen molar-refractivity contribution in [1.29, 1.82) is 0 Å². The molecule has 4 heteroatoms. The third-order valence-electron chi connectivity index (χ3n) is 4.55. The summed E-state index contributed by atoms with van der Waals surface area (Å²) in [4.78, 5) is 25.2. The zero-order valence-electron chi connectivity index (χ0n) is 12.5. The van der Waals surface area contributed by atoms with Crippen molar-refractivity contribution in [2.24, 2.45) is 0 Å². The van der Waals surface area contributed by atoms with Crippen LogP contribution in [0.1, 0.15) is 50.5 Å². The Kier molecular flexibility index (Phi) is 4.99. The van der Waals surface area contributed by atoms with Gasteiger partial charge in [0.05, 0.1) is 0 Å². The van der Waals surface area contributed by atoms with Crippen LogP contribution in [0, 0.1) is 0 Å². The molecule has 1 saturated carbocycles. The summed E-state index contributed by atoms with van der Waals surface area (Å²) in [5.41, 5.74) is -0.0836. The van der Waals surface area contributed by atoms with E-state index in [0.717, 1.165) is 37.7 Å². The zero-order valence-corrected chi connectivity index (χ0v) is 12.5. The van der Waals surface area contributed by atoms with Crippen LogP contribution in [0.25, 0.3) is 0 Å². The summed E-state index contributed by atoms with van der Waals surface area (Å²) in [6, 6.07) is 9.74. The van der Waals surface area contributed by atoms with E-state index in [2.05, 4.69) is 0 Å². The second-order valence-corrected chi connectivity index (χ2v) is 5.74. The Hall–Kier alpha value is -1.84. The van der Waals surface area contributed by atoms with Gasteiger partial charge in [0.1, 0.15) is 5.54 Å². The fraction of sp³-hybridized carbons (Fsp3) is 0.529. The number of hydrogen-bond donors (Lipinski definition) is 1. The van der Waals surface area contributed by atoms with E-state index in [-0.39, 0.29) is 5.92 Å². The first-order chi connectivity index (χ1) is 10.2. The van der Waals surface area contributed by atoms with Gasteiger partial charge < -0.3 is 10.0 Å². The molecule has 0 aliphatic heterocycles. The van der Waals surface area contributed by atoms with Gasteiger partial charge in [0.15, 0.2) is 0 Å². The highest BCUT2D eigenvalue weighted by Crippen LogP contribution is 2.44. The Balaban J connectivity index is 2.48. The molecule has 0 radical (unpaired) electrons. The number of rotatable bonds is 6. The topological polar surface area (TPSA) is 57.6 Å². The minimum atomic E-state index is -1.10. The third-order valence-corrected chi connectivity index (χ3v) is 4.55. The van der Waals surface area contributed by atoms with Gasteiger partial charge in [-0.15, -0.1) is 0 Å². The second-order valence-electron chi connectivity index (χ2n) is 5.74. The lowest BCUT2D eigenvalue weighted by Gasteiger charge is -2.47. The Morgan fingerprint density at radius 1 is 1.38 bits per heavy atom. The molecule has 0 aromatic heterocycles. The van der Waals surface area contributed by atoms with E-state index in [1.54, 1.807) is 0 Å². The summed E-state index contributed by atoms with van der Waals surface area (Å²) in [5, 5.41) is 9.95. The van der Waals surface area contributed by atoms with Crippen molar-refractivity contribution < 1.29 is 14.7 Å². The Morgan fingerprint density at radius 3 is 2.67 bits per heavy atom. The van der Waals surface area contributed by atoms with Crippen molar-refractivity contribution in [3.63, 3.8) is 0 Å². The summed E-state index contributed by atoms with van der Waals surface area (Å²) >= 11 is 0. The first-order valence-corrected chi connectivity index (χ1v) is 7.67. The number of benzene rings is 1. The summed E-state index contributed by atoms with van der Waals surface area (Å²) in [6.07, 6.45) is 4.68. The van der Waals surface area contributed by atoms with Crippen LogP contribution in [0.4, 0.5) is 0 Å². The van der Waals surface area contributed by atoms with Gasteiger partial charge in [0.25, 0.3) is 0 Å². The van der Waals surface area contributed by atoms with Crippen LogP contribution < -0.4 is 0 Å². The van der Waals surface area contributed by atoms with Gasteiger partial charge in [0.2, 0.25) is 6.41 Å². The molecule has 1 aromatic carbocycles. The first kappa shape index (κ1) is 15.5. The molecule has 1 aliphatic carbocycles. The molecule has 1 N–H and O–H groups in total. The molecule has 0 bridgehead atoms. The van der Waals surface area contributed by atoms with Gasteiger partial charge in [-0.2, -0.15) is 0 Å². The van der Waals surface area contributed by atoms with Crippen LogP contribution in [0.5, 0.6) is 0 Å². The fourth-order valence-electron chi connectivity index (χ4n) is 3.59. The van der Waals surface area contributed by atoms with E-state index >= 15 is 0 Å². The molecule has 4 nitrogen and oxygen atoms in total. The molecule has 114 valence electrons. The maximum absolute atomic E-state index is 12.1. The second kappa shape index (κ2) is 6.74. The molecule has 0 saturated heterocycles. The quantitative estimate of drug-likeness (QED) is 0.819. The van der Waals surface area contributed by atoms with E-state index < -0.39 is 11.5 Å². The van der Waals surface area contributed by atoms with Crippen molar-refractivity contribution >= 4 is 12.4 Å². The molecule has 1 aromatic rings. The van der Waals surface area contributed by atoms with E-state index in [9.17, 15) is 14.7 Å². The molecule has 21 heavy (non-hydrogen) atoms. The summed E-state index contributed by atoms with van der Waals surface area (Å²) in [5.74, 6) is -1.02. The number of carboxylic acids is 1. The number of nitrogens with zero attached hydrogens (tertiary/aromatic N) is 1. The molecule has 0 heterocycles. The average Bonchev–Trinajstić information content (AvgIpc) is 2.53. The van der Waals surface area contributed by atoms with E-state index in [1.807, 2.05) is 37.3 Å². The Bertz CT molecular complexity index is 488. The number of carbonyl (C=O) groups is 2. The lowest BCUT2D eigenvalue weighted by Crippen LogP contribution is -2.59. The molecule has 2 atom stereocenters. The molecular formula is C17H23NO3. The van der Waals surface area contributed by atoms with Crippen molar-refractivity contribution in [2.75, 3.05) is 6.54 Å². The third kappa shape index (κ3) is 2.80. The van der Waals surface area contributed by atoms with Crippen LogP contribution in [0.2, 0.25) is 0 Å². The Morgan fingerprint density at radius 2 is 2.10 bits per heavy atom. The van der Waals surface area contributed by atoms with Gasteiger partial charge >= 0.3 is 5.97 Å². The smallest absolute Gasteiger partial charge is 0.330 e. The molecule has 2 rings (SSSR count). The lowest BCUT2D eigenvalue weighted by atomic mass is 9.68. The van der Waals surface area contributed by atoms with Crippen LogP contribution in [-0.4, -0.2) is 34.5 Å². The highest BCUT2D eigenvalue weighted by atomic mass is 16.4. The normalized spacial score (nSPS) is 25.3. The minimum absolute atomic E-state index is 0.137. The largest absolute Gasteiger partial charge is 0.479 e. The molecule has 1 fully saturated rings. The molecule has 0 spiro atoms. The summed E-state index contributed by atoms with van der Waals surface area (Å²) < 4.78 is 0. The predicted octanol–water partition coefficient (Wildman–Crippen LogP) is 3.04. The highest BCUT2D eigenvalue weighted by molar-refractivity contribution is 5.83. The molecule has 1 amide bonds. The van der Waals surface area contributed by atoms with Crippen LogP contribution >= 0.6 is 0 Å².